The van der Waals surface area contributed by atoms with Gasteiger partial charge in [-0.3, -0.25) is 4.79 Å². The predicted molar refractivity (Wildman–Crippen MR) is 92.1 cm³/mol. The number of hydrogen-bond donors (Lipinski definition) is 1. The first-order valence-electron chi connectivity index (χ1n) is 7.10. The van der Waals surface area contributed by atoms with Crippen LogP contribution >= 0.6 is 22.7 Å². The van der Waals surface area contributed by atoms with Crippen LogP contribution in [0.4, 0.5) is 4.39 Å². The molecule has 2 heterocycles. The van der Waals surface area contributed by atoms with Gasteiger partial charge in [0.2, 0.25) is 5.91 Å². The molecule has 3 aromatic rings. The molecule has 0 radical (unpaired) electrons. The molecule has 0 saturated carbocycles. The van der Waals surface area contributed by atoms with Crippen molar-refractivity contribution in [2.24, 2.45) is 0 Å². The normalized spacial score (nSPS) is 10.7. The molecule has 0 unspecified atom stereocenters. The summed E-state index contributed by atoms with van der Waals surface area (Å²) >= 11 is 3.17. The van der Waals surface area contributed by atoms with Gasteiger partial charge in [-0.2, -0.15) is 11.3 Å². The molecule has 1 amide bonds. The maximum Gasteiger partial charge on any atom is 0.226 e. The highest BCUT2D eigenvalue weighted by atomic mass is 32.1. The lowest BCUT2D eigenvalue weighted by atomic mass is 10.1. The Hall–Kier alpha value is -2.05. The quantitative estimate of drug-likeness (QED) is 0.753. The van der Waals surface area contributed by atoms with Crippen LogP contribution in [0.1, 0.15) is 16.8 Å². The van der Waals surface area contributed by atoms with E-state index in [1.54, 1.807) is 41.7 Å². The number of aromatic nitrogens is 1. The Balaban J connectivity index is 1.56. The van der Waals surface area contributed by atoms with Gasteiger partial charge in [-0.05, 0) is 35.6 Å². The van der Waals surface area contributed by atoms with Gasteiger partial charge >= 0.3 is 0 Å². The summed E-state index contributed by atoms with van der Waals surface area (Å²) in [6.07, 6.45) is 0.251. The summed E-state index contributed by atoms with van der Waals surface area (Å²) in [4.78, 5) is 16.5. The Kier molecular flexibility index (Phi) is 4.83. The van der Waals surface area contributed by atoms with Crippen LogP contribution in [0.5, 0.6) is 0 Å². The van der Waals surface area contributed by atoms with Crippen molar-refractivity contribution in [3.8, 4) is 10.6 Å². The number of thiazole rings is 1. The second-order valence-corrected chi connectivity index (χ2v) is 6.83. The van der Waals surface area contributed by atoms with Crippen molar-refractivity contribution in [3.05, 3.63) is 63.0 Å². The van der Waals surface area contributed by atoms with E-state index in [0.29, 0.717) is 12.1 Å². The number of halogens is 1. The largest absolute Gasteiger partial charge is 0.352 e. The van der Waals surface area contributed by atoms with E-state index < -0.39 is 0 Å². The SMILES string of the molecule is Cc1cc(CNC(=O)Cc2csc(-c3ccsc3)n2)ccc1F. The average Bonchev–Trinajstić information content (AvgIpc) is 3.19. The first kappa shape index (κ1) is 15.8. The van der Waals surface area contributed by atoms with Crippen LogP contribution in [0.15, 0.2) is 40.4 Å². The third-order valence-corrected chi connectivity index (χ3v) is 5.00. The molecule has 0 atom stereocenters. The molecular formula is C17H15FN2OS2. The number of rotatable bonds is 5. The minimum absolute atomic E-state index is 0.0888. The average molecular weight is 346 g/mol. The van der Waals surface area contributed by atoms with Crippen molar-refractivity contribution in [1.29, 1.82) is 0 Å². The minimum Gasteiger partial charge on any atom is -0.352 e. The summed E-state index contributed by atoms with van der Waals surface area (Å²) in [6, 6.07) is 6.86. The summed E-state index contributed by atoms with van der Waals surface area (Å²) in [6.45, 7) is 2.10. The molecule has 1 N–H and O–H groups in total. The van der Waals surface area contributed by atoms with Crippen molar-refractivity contribution >= 4 is 28.6 Å². The van der Waals surface area contributed by atoms with E-state index in [1.807, 2.05) is 22.2 Å². The molecule has 23 heavy (non-hydrogen) atoms. The van der Waals surface area contributed by atoms with Gasteiger partial charge in [0.15, 0.2) is 0 Å². The van der Waals surface area contributed by atoms with E-state index in [2.05, 4.69) is 10.3 Å². The van der Waals surface area contributed by atoms with Gasteiger partial charge in [-0.1, -0.05) is 12.1 Å². The third-order valence-electron chi connectivity index (χ3n) is 3.37. The predicted octanol–water partition coefficient (Wildman–Crippen LogP) is 4.18. The molecule has 2 aromatic heterocycles. The number of carbonyl (C=O) groups excluding carboxylic acids is 1. The first-order valence-corrected chi connectivity index (χ1v) is 8.93. The number of hydrogen-bond acceptors (Lipinski definition) is 4. The van der Waals surface area contributed by atoms with E-state index in [9.17, 15) is 9.18 Å². The van der Waals surface area contributed by atoms with Gasteiger partial charge in [0.25, 0.3) is 0 Å². The van der Waals surface area contributed by atoms with Crippen molar-refractivity contribution in [1.82, 2.24) is 10.3 Å². The molecule has 118 valence electrons. The Morgan fingerprint density at radius 3 is 2.91 bits per heavy atom. The number of amides is 1. The monoisotopic (exact) mass is 346 g/mol. The highest BCUT2D eigenvalue weighted by Crippen LogP contribution is 2.25. The summed E-state index contributed by atoms with van der Waals surface area (Å²) in [5.74, 6) is -0.322. The molecule has 0 aliphatic heterocycles. The fraction of sp³-hybridized carbons (Fsp3) is 0.176. The smallest absolute Gasteiger partial charge is 0.226 e. The Labute approximate surface area is 141 Å². The fourth-order valence-corrected chi connectivity index (χ4v) is 3.68. The van der Waals surface area contributed by atoms with Crippen molar-refractivity contribution in [2.45, 2.75) is 19.9 Å². The Morgan fingerprint density at radius 1 is 1.30 bits per heavy atom. The van der Waals surface area contributed by atoms with Gasteiger partial charge in [-0.25, -0.2) is 9.37 Å². The molecule has 0 bridgehead atoms. The van der Waals surface area contributed by atoms with Crippen LogP contribution < -0.4 is 5.32 Å². The molecule has 0 saturated heterocycles. The zero-order valence-electron chi connectivity index (χ0n) is 12.5. The van der Waals surface area contributed by atoms with Gasteiger partial charge in [0, 0.05) is 22.9 Å². The number of carbonyl (C=O) groups is 1. The maximum atomic E-state index is 13.2. The molecule has 0 fully saturated rings. The van der Waals surface area contributed by atoms with E-state index in [1.165, 1.54) is 6.07 Å². The van der Waals surface area contributed by atoms with Crippen LogP contribution in [0.25, 0.3) is 10.6 Å². The standard InChI is InChI=1S/C17H15FN2OS2/c1-11-6-12(2-3-15(11)18)8-19-16(21)7-14-10-23-17(20-14)13-4-5-22-9-13/h2-6,9-10H,7-8H2,1H3,(H,19,21). The zero-order valence-corrected chi connectivity index (χ0v) is 14.1. The summed E-state index contributed by atoms with van der Waals surface area (Å²) in [5.41, 5.74) is 3.32. The van der Waals surface area contributed by atoms with Crippen molar-refractivity contribution < 1.29 is 9.18 Å². The number of aryl methyl sites for hydroxylation is 1. The summed E-state index contributed by atoms with van der Waals surface area (Å²) in [7, 11) is 0. The zero-order chi connectivity index (χ0) is 16.2. The van der Waals surface area contributed by atoms with Crippen LogP contribution in [0.3, 0.4) is 0 Å². The number of benzene rings is 1. The summed E-state index contributed by atoms with van der Waals surface area (Å²) in [5, 5.41) is 9.74. The van der Waals surface area contributed by atoms with Gasteiger partial charge < -0.3 is 5.32 Å². The molecular weight excluding hydrogens is 331 g/mol. The van der Waals surface area contributed by atoms with Crippen molar-refractivity contribution in [3.63, 3.8) is 0 Å². The Morgan fingerprint density at radius 2 is 2.17 bits per heavy atom. The molecule has 0 aliphatic rings. The third kappa shape index (κ3) is 4.03. The maximum absolute atomic E-state index is 13.2. The molecule has 6 heteroatoms. The van der Waals surface area contributed by atoms with Crippen LogP contribution in [-0.4, -0.2) is 10.9 Å². The molecule has 0 spiro atoms. The highest BCUT2D eigenvalue weighted by molar-refractivity contribution is 7.14. The van der Waals surface area contributed by atoms with E-state index in [4.69, 9.17) is 0 Å². The van der Waals surface area contributed by atoms with E-state index >= 15 is 0 Å². The van der Waals surface area contributed by atoms with Crippen LogP contribution in [0.2, 0.25) is 0 Å². The lowest BCUT2D eigenvalue weighted by Gasteiger charge is -2.06. The lowest BCUT2D eigenvalue weighted by Crippen LogP contribution is -2.24. The van der Waals surface area contributed by atoms with Gasteiger partial charge in [0.05, 0.1) is 12.1 Å². The van der Waals surface area contributed by atoms with Crippen LogP contribution in [0, 0.1) is 12.7 Å². The van der Waals surface area contributed by atoms with Gasteiger partial charge in [0.1, 0.15) is 10.8 Å². The molecule has 3 nitrogen and oxygen atoms in total. The number of nitrogens with zero attached hydrogens (tertiary/aromatic N) is 1. The second-order valence-electron chi connectivity index (χ2n) is 5.19. The lowest BCUT2D eigenvalue weighted by molar-refractivity contribution is -0.120. The molecule has 1 aromatic carbocycles. The fourth-order valence-electron chi connectivity index (χ4n) is 2.15. The topological polar surface area (TPSA) is 42.0 Å². The van der Waals surface area contributed by atoms with Crippen molar-refractivity contribution in [2.75, 3.05) is 0 Å². The number of nitrogens with one attached hydrogen (secondary N) is 1. The van der Waals surface area contributed by atoms with E-state index in [0.717, 1.165) is 21.8 Å². The Bertz CT molecular complexity index is 812. The molecule has 3 rings (SSSR count). The highest BCUT2D eigenvalue weighted by Gasteiger charge is 2.09. The first-order chi connectivity index (χ1) is 11.1. The minimum atomic E-state index is -0.233. The molecule has 0 aliphatic carbocycles. The van der Waals surface area contributed by atoms with Crippen LogP contribution in [-0.2, 0) is 17.8 Å². The number of thiophene rings is 1. The van der Waals surface area contributed by atoms with Gasteiger partial charge in [-0.15, -0.1) is 11.3 Å². The summed E-state index contributed by atoms with van der Waals surface area (Å²) < 4.78 is 13.2. The van der Waals surface area contributed by atoms with E-state index in [-0.39, 0.29) is 18.1 Å². The second kappa shape index (κ2) is 7.02.